The molecule has 2 aromatic rings. The maximum Gasteiger partial charge on any atom is 0.403 e. The van der Waals surface area contributed by atoms with Crippen LogP contribution < -0.4 is 21.3 Å². The van der Waals surface area contributed by atoms with Crippen molar-refractivity contribution in [3.05, 3.63) is 59.7 Å². The van der Waals surface area contributed by atoms with Crippen LogP contribution in [0.3, 0.4) is 0 Å². The second kappa shape index (κ2) is 8.74. The van der Waals surface area contributed by atoms with Gasteiger partial charge in [0, 0.05) is 23.8 Å². The predicted octanol–water partition coefficient (Wildman–Crippen LogP) is 0.702. The topological polar surface area (TPSA) is 127 Å². The first kappa shape index (κ1) is 20.3. The van der Waals surface area contributed by atoms with Gasteiger partial charge in [0.15, 0.2) is 6.61 Å². The van der Waals surface area contributed by atoms with E-state index in [4.69, 9.17) is 10.5 Å². The van der Waals surface area contributed by atoms with Crippen molar-refractivity contribution in [3.8, 4) is 5.75 Å². The van der Waals surface area contributed by atoms with Gasteiger partial charge in [-0.1, -0.05) is 43.3 Å². The van der Waals surface area contributed by atoms with Gasteiger partial charge in [-0.25, -0.2) is 4.79 Å². The van der Waals surface area contributed by atoms with Gasteiger partial charge in [0.2, 0.25) is 5.78 Å². The first-order chi connectivity index (χ1) is 14.0. The molecule has 1 amide bonds. The van der Waals surface area contributed by atoms with Crippen LogP contribution >= 0.6 is 0 Å². The number of nitrogens with two attached hydrogens (primary N) is 1. The summed E-state index contributed by atoms with van der Waals surface area (Å²) in [6.45, 7) is 2.16. The first-order valence-electron chi connectivity index (χ1n) is 9.32. The Morgan fingerprint density at radius 2 is 1.83 bits per heavy atom. The highest BCUT2D eigenvalue weighted by Crippen LogP contribution is 2.48. The van der Waals surface area contributed by atoms with Crippen LogP contribution in [0.25, 0.3) is 0 Å². The summed E-state index contributed by atoms with van der Waals surface area (Å²) >= 11 is 0. The van der Waals surface area contributed by atoms with Crippen molar-refractivity contribution in [1.29, 1.82) is 0 Å². The molecule has 2 atom stereocenters. The average molecular weight is 398 g/mol. The van der Waals surface area contributed by atoms with E-state index in [0.29, 0.717) is 24.3 Å². The molecule has 8 nitrogen and oxygen atoms in total. The molecule has 1 aliphatic rings. The minimum absolute atomic E-state index is 0.269. The molecule has 0 fully saturated rings. The molecule has 0 spiro atoms. The molecule has 8 heteroatoms. The number of carbonyl (C=O) groups is 3. The van der Waals surface area contributed by atoms with Crippen LogP contribution in [0, 0.1) is 0 Å². The second-order valence-corrected chi connectivity index (χ2v) is 6.79. The molecular formula is C21H24N3O5+. The van der Waals surface area contributed by atoms with E-state index in [1.807, 2.05) is 43.3 Å². The molecule has 0 bridgehead atoms. The van der Waals surface area contributed by atoms with Crippen molar-refractivity contribution in [2.45, 2.75) is 31.8 Å². The van der Waals surface area contributed by atoms with E-state index in [1.165, 1.54) is 0 Å². The summed E-state index contributed by atoms with van der Waals surface area (Å²) in [7, 11) is 0. The number of carbonyl (C=O) groups excluding carboxylic acids is 3. The number of primary amides is 1. The quantitative estimate of drug-likeness (QED) is 0.498. The minimum atomic E-state index is -0.993. The third kappa shape index (κ3) is 4.07. The second-order valence-electron chi connectivity index (χ2n) is 6.79. The van der Waals surface area contributed by atoms with Gasteiger partial charge in [0.1, 0.15) is 5.75 Å². The molecular weight excluding hydrogens is 374 g/mol. The summed E-state index contributed by atoms with van der Waals surface area (Å²) in [6, 6.07) is 14.9. The van der Waals surface area contributed by atoms with Gasteiger partial charge >= 0.3 is 5.97 Å². The summed E-state index contributed by atoms with van der Waals surface area (Å²) < 4.78 is 5.61. The Labute approximate surface area is 168 Å². The highest BCUT2D eigenvalue weighted by molar-refractivity contribution is 6.38. The molecule has 0 aromatic heterocycles. The van der Waals surface area contributed by atoms with Gasteiger partial charge in [0.25, 0.3) is 5.91 Å². The van der Waals surface area contributed by atoms with Crippen LogP contribution in [-0.2, 0) is 25.8 Å². The molecule has 1 heterocycles. The highest BCUT2D eigenvalue weighted by Gasteiger charge is 2.45. The van der Waals surface area contributed by atoms with Crippen LogP contribution in [0.5, 0.6) is 5.75 Å². The molecule has 0 aliphatic carbocycles. The molecule has 2 unspecified atom stereocenters. The average Bonchev–Trinajstić information content (AvgIpc) is 3.05. The summed E-state index contributed by atoms with van der Waals surface area (Å²) in [5.74, 6) is 0.326. The van der Waals surface area contributed by atoms with Gasteiger partial charge in [0.05, 0.1) is 5.92 Å². The molecule has 0 saturated carbocycles. The predicted molar refractivity (Wildman–Crippen MR) is 105 cm³/mol. The number of hydrogen-bond donors (Lipinski definition) is 2. The van der Waals surface area contributed by atoms with Crippen LogP contribution in [0.1, 0.15) is 30.4 Å². The fraction of sp³-hybridized carbons (Fsp3) is 0.286. The molecule has 1 aliphatic heterocycles. The van der Waals surface area contributed by atoms with Crippen LogP contribution in [0.4, 0.5) is 5.69 Å². The number of hydrogen-bond acceptors (Lipinski definition) is 6. The number of ether oxygens (including phenoxy) is 1. The zero-order chi connectivity index (χ0) is 21.0. The smallest absolute Gasteiger partial charge is 0.403 e. The van der Waals surface area contributed by atoms with E-state index in [9.17, 15) is 14.4 Å². The van der Waals surface area contributed by atoms with E-state index < -0.39 is 23.6 Å². The fourth-order valence-corrected chi connectivity index (χ4v) is 3.85. The van der Waals surface area contributed by atoms with Crippen molar-refractivity contribution in [2.24, 2.45) is 5.73 Å². The lowest BCUT2D eigenvalue weighted by atomic mass is 9.88. The lowest BCUT2D eigenvalue weighted by Gasteiger charge is -2.29. The summed E-state index contributed by atoms with van der Waals surface area (Å²) in [5.41, 5.74) is 7.76. The summed E-state index contributed by atoms with van der Waals surface area (Å²) in [5, 5.41) is 0. The van der Waals surface area contributed by atoms with Crippen molar-refractivity contribution in [1.82, 2.24) is 0 Å². The Balaban J connectivity index is 2.06. The zero-order valence-electron chi connectivity index (χ0n) is 16.2. The number of Topliss-reactive ketones (excluding diaryl/α,β-unsaturated/α-hetero) is 1. The van der Waals surface area contributed by atoms with Gasteiger partial charge in [-0.15, -0.1) is 0 Å². The number of fused-ring (bicyclic) bond motifs is 1. The Morgan fingerprint density at radius 1 is 1.10 bits per heavy atom. The van der Waals surface area contributed by atoms with Gasteiger partial charge in [-0.2, -0.15) is 5.90 Å². The van der Waals surface area contributed by atoms with Crippen LogP contribution in [-0.4, -0.2) is 30.3 Å². The normalized spacial score (nSPS) is 17.5. The van der Waals surface area contributed by atoms with Crippen LogP contribution in [0.2, 0.25) is 0 Å². The van der Waals surface area contributed by atoms with E-state index in [-0.39, 0.29) is 12.6 Å². The number of rotatable bonds is 8. The van der Waals surface area contributed by atoms with Crippen molar-refractivity contribution in [3.63, 3.8) is 0 Å². The first-order valence-corrected chi connectivity index (χ1v) is 9.32. The Bertz CT molecular complexity index is 916. The zero-order valence-corrected chi connectivity index (χ0v) is 16.2. The minimum Gasteiger partial charge on any atom is -0.481 e. The number of anilines is 1. The summed E-state index contributed by atoms with van der Waals surface area (Å²) in [6.07, 6.45) is 0.617. The molecule has 5 N–H and O–H groups in total. The number of nitrogens with zero attached hydrogens (tertiary/aromatic N) is 1. The van der Waals surface area contributed by atoms with Crippen molar-refractivity contribution in [2.75, 3.05) is 11.5 Å². The van der Waals surface area contributed by atoms with Crippen LogP contribution in [0.15, 0.2) is 48.5 Å². The number of ketones is 1. The maximum absolute atomic E-state index is 12.8. The van der Waals surface area contributed by atoms with E-state index >= 15 is 0 Å². The van der Waals surface area contributed by atoms with Crippen molar-refractivity contribution >= 4 is 23.3 Å². The van der Waals surface area contributed by atoms with Gasteiger partial charge < -0.3 is 15.4 Å². The highest BCUT2D eigenvalue weighted by atomic mass is 16.7. The lowest BCUT2D eigenvalue weighted by molar-refractivity contribution is -0.657. The Hall–Kier alpha value is -3.39. The number of amides is 1. The van der Waals surface area contributed by atoms with Gasteiger partial charge in [-0.05, 0) is 24.1 Å². The lowest BCUT2D eigenvalue weighted by Crippen LogP contribution is -2.52. The Kier molecular flexibility index (Phi) is 6.13. The molecule has 3 rings (SSSR count). The maximum atomic E-state index is 12.8. The monoisotopic (exact) mass is 398 g/mol. The number of quaternary nitrogens is 1. The van der Waals surface area contributed by atoms with E-state index in [0.717, 1.165) is 11.3 Å². The molecule has 152 valence electrons. The van der Waals surface area contributed by atoms with Gasteiger partial charge in [-0.3, -0.25) is 14.4 Å². The van der Waals surface area contributed by atoms with E-state index in [1.54, 1.807) is 12.1 Å². The molecule has 0 saturated heterocycles. The molecule has 29 heavy (non-hydrogen) atoms. The third-order valence-electron chi connectivity index (χ3n) is 5.09. The van der Waals surface area contributed by atoms with Crippen molar-refractivity contribution < 1.29 is 29.9 Å². The molecule has 2 aromatic carbocycles. The third-order valence-corrected chi connectivity index (χ3v) is 5.09. The molecule has 0 radical (unpaired) electrons. The Morgan fingerprint density at radius 3 is 2.45 bits per heavy atom. The van der Waals surface area contributed by atoms with E-state index in [2.05, 4.69) is 15.6 Å². The summed E-state index contributed by atoms with van der Waals surface area (Å²) in [4.78, 5) is 42.5. The largest absolute Gasteiger partial charge is 0.481 e. The standard InChI is InChI=1S/C21H23N3O5/c1-2-14-19(20(26)21(22)27)18-15(24(14)11-13-7-4-3-5-8-13)9-6-10-16(18)28-12-17(25)29-23/h3-10,14,19H,2,11-12H2,1,23H3,(H-,22,27)/p+1. The number of benzene rings is 2. The SMILES string of the molecule is CCC1C(C(=O)C(N)=O)c2c(OCC(=O)O[NH3+])cccc2N1Cc1ccccc1. The fourth-order valence-electron chi connectivity index (χ4n) is 3.85.